The second kappa shape index (κ2) is 8.73. The first-order valence-electron chi connectivity index (χ1n) is 10.2. The lowest BCUT2D eigenvalue weighted by Gasteiger charge is -2.29. The molecule has 154 valence electrons. The van der Waals surface area contributed by atoms with Gasteiger partial charge in [0, 0.05) is 35.9 Å². The Morgan fingerprint density at radius 1 is 0.935 bits per heavy atom. The molecule has 2 aromatic heterocycles. The Hall–Kier alpha value is -3.45. The highest BCUT2D eigenvalue weighted by Gasteiger charge is 2.23. The molecule has 0 bridgehead atoms. The molecule has 0 saturated carbocycles. The van der Waals surface area contributed by atoms with Crippen LogP contribution in [0.1, 0.15) is 12.0 Å². The lowest BCUT2D eigenvalue weighted by atomic mass is 10.0. The molecule has 6 nitrogen and oxygen atoms in total. The molecule has 4 aromatic rings. The molecule has 0 saturated heterocycles. The fourth-order valence-corrected chi connectivity index (χ4v) is 4.69. The lowest BCUT2D eigenvalue weighted by molar-refractivity contribution is -0.116. The first-order chi connectivity index (χ1) is 15.3. The summed E-state index contributed by atoms with van der Waals surface area (Å²) in [4.78, 5) is 19.1. The maximum Gasteiger partial charge on any atom is 0.237 e. The second-order valence-electron chi connectivity index (χ2n) is 7.28. The molecule has 31 heavy (non-hydrogen) atoms. The van der Waals surface area contributed by atoms with Crippen molar-refractivity contribution in [1.29, 1.82) is 0 Å². The van der Waals surface area contributed by atoms with Gasteiger partial charge in [-0.3, -0.25) is 14.3 Å². The highest BCUT2D eigenvalue weighted by atomic mass is 32.2. The summed E-state index contributed by atoms with van der Waals surface area (Å²) in [5.74, 6) is 1.12. The van der Waals surface area contributed by atoms with Gasteiger partial charge in [0.15, 0.2) is 11.0 Å². The molecule has 0 fully saturated rings. The number of nitrogens with zero attached hydrogens (tertiary/aromatic N) is 5. The molecule has 0 radical (unpaired) electrons. The number of carbonyl (C=O) groups excluding carboxylic acids is 1. The normalized spacial score (nSPS) is 13.1. The van der Waals surface area contributed by atoms with Gasteiger partial charge in [0.25, 0.3) is 0 Å². The number of carbonyl (C=O) groups is 1. The number of amides is 1. The molecule has 0 unspecified atom stereocenters. The van der Waals surface area contributed by atoms with E-state index in [1.54, 1.807) is 12.4 Å². The van der Waals surface area contributed by atoms with Crippen LogP contribution < -0.4 is 4.90 Å². The average molecular weight is 428 g/mol. The molecule has 1 amide bonds. The maximum atomic E-state index is 13.1. The fourth-order valence-electron chi connectivity index (χ4n) is 3.86. The van der Waals surface area contributed by atoms with Gasteiger partial charge >= 0.3 is 0 Å². The third-order valence-corrected chi connectivity index (χ3v) is 6.24. The zero-order valence-electron chi connectivity index (χ0n) is 16.9. The van der Waals surface area contributed by atoms with E-state index >= 15 is 0 Å². The second-order valence-corrected chi connectivity index (χ2v) is 8.22. The summed E-state index contributed by atoms with van der Waals surface area (Å²) in [5.41, 5.74) is 4.15. The van der Waals surface area contributed by atoms with E-state index < -0.39 is 0 Å². The van der Waals surface area contributed by atoms with Crippen LogP contribution >= 0.6 is 11.8 Å². The van der Waals surface area contributed by atoms with Crippen LogP contribution in [-0.4, -0.2) is 38.0 Å². The van der Waals surface area contributed by atoms with Crippen molar-refractivity contribution in [3.63, 3.8) is 0 Å². The summed E-state index contributed by atoms with van der Waals surface area (Å²) < 4.78 is 2.00. The van der Waals surface area contributed by atoms with Gasteiger partial charge in [-0.05, 0) is 48.7 Å². The van der Waals surface area contributed by atoms with E-state index in [0.717, 1.165) is 42.1 Å². The summed E-state index contributed by atoms with van der Waals surface area (Å²) in [7, 11) is 0. The number of aryl methyl sites for hydroxylation is 1. The number of anilines is 1. The van der Waals surface area contributed by atoms with Crippen molar-refractivity contribution in [3.8, 4) is 17.1 Å². The Morgan fingerprint density at radius 2 is 1.71 bits per heavy atom. The Labute approximate surface area is 185 Å². The minimum atomic E-state index is 0.0882. The predicted molar refractivity (Wildman–Crippen MR) is 122 cm³/mol. The van der Waals surface area contributed by atoms with Gasteiger partial charge in [-0.25, -0.2) is 0 Å². The number of thioether (sulfide) groups is 1. The van der Waals surface area contributed by atoms with Crippen molar-refractivity contribution in [1.82, 2.24) is 19.7 Å². The van der Waals surface area contributed by atoms with Gasteiger partial charge in [0.1, 0.15) is 0 Å². The van der Waals surface area contributed by atoms with E-state index in [4.69, 9.17) is 0 Å². The van der Waals surface area contributed by atoms with Gasteiger partial charge in [-0.2, -0.15) is 0 Å². The van der Waals surface area contributed by atoms with Crippen LogP contribution in [0.15, 0.2) is 84.3 Å². The standard InChI is InChI=1S/C24H21N5OS/c30-22(28-16-6-8-18-7-4-5-11-21(18)28)17-31-24-27-26-23(19-12-14-25-15-13-19)29(24)20-9-2-1-3-10-20/h1-5,7,9-15H,6,8,16-17H2. The summed E-state index contributed by atoms with van der Waals surface area (Å²) >= 11 is 1.42. The minimum Gasteiger partial charge on any atom is -0.311 e. The van der Waals surface area contributed by atoms with Crippen molar-refractivity contribution in [2.75, 3.05) is 17.2 Å². The van der Waals surface area contributed by atoms with Gasteiger partial charge < -0.3 is 4.90 Å². The Morgan fingerprint density at radius 3 is 2.55 bits per heavy atom. The maximum absolute atomic E-state index is 13.1. The van der Waals surface area contributed by atoms with E-state index in [1.165, 1.54) is 17.3 Å². The molecule has 1 aliphatic heterocycles. The number of hydrogen-bond acceptors (Lipinski definition) is 5. The number of aromatic nitrogens is 4. The largest absolute Gasteiger partial charge is 0.311 e. The summed E-state index contributed by atoms with van der Waals surface area (Å²) in [6, 6.07) is 22.0. The third kappa shape index (κ3) is 3.96. The molecule has 5 rings (SSSR count). The highest BCUT2D eigenvalue weighted by Crippen LogP contribution is 2.30. The Balaban J connectivity index is 1.43. The summed E-state index contributed by atoms with van der Waals surface area (Å²) in [6.07, 6.45) is 5.48. The topological polar surface area (TPSA) is 63.9 Å². The number of para-hydroxylation sites is 2. The van der Waals surface area contributed by atoms with Gasteiger partial charge in [0.2, 0.25) is 5.91 Å². The third-order valence-electron chi connectivity index (χ3n) is 5.32. The van der Waals surface area contributed by atoms with Crippen LogP contribution in [-0.2, 0) is 11.2 Å². The molecule has 0 atom stereocenters. The number of rotatable bonds is 5. The van der Waals surface area contributed by atoms with E-state index in [0.29, 0.717) is 10.9 Å². The predicted octanol–water partition coefficient (Wildman–Crippen LogP) is 4.40. The van der Waals surface area contributed by atoms with Crippen LogP contribution in [0.25, 0.3) is 17.1 Å². The molecule has 0 N–H and O–H groups in total. The first kappa shape index (κ1) is 19.5. The highest BCUT2D eigenvalue weighted by molar-refractivity contribution is 7.99. The van der Waals surface area contributed by atoms with Crippen molar-refractivity contribution in [3.05, 3.63) is 84.7 Å². The van der Waals surface area contributed by atoms with Gasteiger partial charge in [-0.1, -0.05) is 48.2 Å². The zero-order chi connectivity index (χ0) is 21.0. The molecule has 0 spiro atoms. The number of benzene rings is 2. The van der Waals surface area contributed by atoms with E-state index in [1.807, 2.05) is 70.1 Å². The quantitative estimate of drug-likeness (QED) is 0.442. The average Bonchev–Trinajstić information content (AvgIpc) is 3.27. The van der Waals surface area contributed by atoms with Crippen molar-refractivity contribution < 1.29 is 4.79 Å². The number of hydrogen-bond donors (Lipinski definition) is 0. The van der Waals surface area contributed by atoms with E-state index in [2.05, 4.69) is 21.2 Å². The SMILES string of the molecule is O=C(CSc1nnc(-c2ccncc2)n1-c1ccccc1)N1CCCc2ccccc21. The van der Waals surface area contributed by atoms with Crippen molar-refractivity contribution >= 4 is 23.4 Å². The van der Waals surface area contributed by atoms with Crippen LogP contribution in [0.4, 0.5) is 5.69 Å². The number of pyridine rings is 1. The molecule has 7 heteroatoms. The first-order valence-corrected chi connectivity index (χ1v) is 11.2. The molecule has 1 aliphatic rings. The van der Waals surface area contributed by atoms with Crippen molar-refractivity contribution in [2.24, 2.45) is 0 Å². The molecule has 2 aromatic carbocycles. The van der Waals surface area contributed by atoms with Gasteiger partial charge in [0.05, 0.1) is 5.75 Å². The number of fused-ring (bicyclic) bond motifs is 1. The molecular formula is C24H21N5OS. The fraction of sp³-hybridized carbons (Fsp3) is 0.167. The Kier molecular flexibility index (Phi) is 5.50. The van der Waals surface area contributed by atoms with E-state index in [-0.39, 0.29) is 5.91 Å². The monoisotopic (exact) mass is 427 g/mol. The van der Waals surface area contributed by atoms with E-state index in [9.17, 15) is 4.79 Å². The molecular weight excluding hydrogens is 406 g/mol. The van der Waals surface area contributed by atoms with Crippen LogP contribution in [0.2, 0.25) is 0 Å². The molecule has 0 aliphatic carbocycles. The van der Waals surface area contributed by atoms with Gasteiger partial charge in [-0.15, -0.1) is 10.2 Å². The van der Waals surface area contributed by atoms with Crippen LogP contribution in [0.3, 0.4) is 0 Å². The molecule has 3 heterocycles. The van der Waals surface area contributed by atoms with Crippen LogP contribution in [0, 0.1) is 0 Å². The zero-order valence-corrected chi connectivity index (χ0v) is 17.7. The Bertz CT molecular complexity index is 1190. The van der Waals surface area contributed by atoms with Crippen LogP contribution in [0.5, 0.6) is 0 Å². The van der Waals surface area contributed by atoms with Crippen molar-refractivity contribution in [2.45, 2.75) is 18.0 Å². The summed E-state index contributed by atoms with van der Waals surface area (Å²) in [5, 5.41) is 9.54. The minimum absolute atomic E-state index is 0.0882. The lowest BCUT2D eigenvalue weighted by Crippen LogP contribution is -2.36. The smallest absolute Gasteiger partial charge is 0.237 e. The summed E-state index contributed by atoms with van der Waals surface area (Å²) in [6.45, 7) is 0.754.